The summed E-state index contributed by atoms with van der Waals surface area (Å²) in [7, 11) is 1.94. The summed E-state index contributed by atoms with van der Waals surface area (Å²) in [5, 5.41) is 8.91. The van der Waals surface area contributed by atoms with Crippen molar-refractivity contribution in [2.24, 2.45) is 13.0 Å². The number of imidazole rings is 1. The first-order valence-corrected chi connectivity index (χ1v) is 5.96. The van der Waals surface area contributed by atoms with E-state index < -0.39 is 5.97 Å². The highest BCUT2D eigenvalue weighted by molar-refractivity contribution is 5.75. The van der Waals surface area contributed by atoms with Crippen LogP contribution in [-0.2, 0) is 11.8 Å². The lowest BCUT2D eigenvalue weighted by molar-refractivity contribution is -0.138. The summed E-state index contributed by atoms with van der Waals surface area (Å²) in [6.45, 7) is 0. The fraction of sp³-hybridized carbons (Fsp3) is 0.286. The number of aryl methyl sites for hydroxylation is 1. The van der Waals surface area contributed by atoms with Crippen molar-refractivity contribution in [2.75, 3.05) is 0 Å². The zero-order chi connectivity index (χ0) is 12.7. The van der Waals surface area contributed by atoms with Crippen LogP contribution in [0.25, 0.3) is 11.3 Å². The number of carbonyl (C=O) groups is 1. The van der Waals surface area contributed by atoms with Crippen molar-refractivity contribution in [3.63, 3.8) is 0 Å². The first-order chi connectivity index (χ1) is 8.65. The molecule has 3 rings (SSSR count). The van der Waals surface area contributed by atoms with Crippen LogP contribution < -0.4 is 0 Å². The minimum Gasteiger partial charge on any atom is -0.481 e. The number of nitrogens with zero attached hydrogens (tertiary/aromatic N) is 2. The molecule has 1 aliphatic carbocycles. The standard InChI is InChI=1S/C14H14N2O2/c1-16-7-13(15-8-16)10-4-2-9(3-5-10)11-6-12(11)14(17)18/h2-5,7-8,11-12H,6H2,1H3,(H,17,18)/t11-,12+/m1/s1. The molecule has 1 N–H and O–H groups in total. The van der Waals surface area contributed by atoms with Crippen molar-refractivity contribution in [2.45, 2.75) is 12.3 Å². The molecule has 0 aliphatic heterocycles. The zero-order valence-corrected chi connectivity index (χ0v) is 10.1. The Morgan fingerprint density at radius 1 is 1.39 bits per heavy atom. The molecule has 0 saturated heterocycles. The average Bonchev–Trinajstić information content (AvgIpc) is 3.06. The molecule has 2 atom stereocenters. The van der Waals surface area contributed by atoms with E-state index in [1.165, 1.54) is 0 Å². The molecule has 1 aromatic carbocycles. The molecule has 1 fully saturated rings. The van der Waals surface area contributed by atoms with Gasteiger partial charge in [-0.05, 0) is 17.9 Å². The van der Waals surface area contributed by atoms with Gasteiger partial charge in [0, 0.05) is 18.8 Å². The minimum atomic E-state index is -0.686. The summed E-state index contributed by atoms with van der Waals surface area (Å²) >= 11 is 0. The van der Waals surface area contributed by atoms with Crippen LogP contribution in [-0.4, -0.2) is 20.6 Å². The number of hydrogen-bond donors (Lipinski definition) is 1. The van der Waals surface area contributed by atoms with E-state index >= 15 is 0 Å². The summed E-state index contributed by atoms with van der Waals surface area (Å²) < 4.78 is 1.91. The lowest BCUT2D eigenvalue weighted by Crippen LogP contribution is -1.98. The second-order valence-electron chi connectivity index (χ2n) is 4.83. The lowest BCUT2D eigenvalue weighted by atomic mass is 10.1. The predicted octanol–water partition coefficient (Wildman–Crippen LogP) is 2.28. The maximum Gasteiger partial charge on any atom is 0.307 e. The Hall–Kier alpha value is -2.10. The van der Waals surface area contributed by atoms with Gasteiger partial charge in [-0.1, -0.05) is 24.3 Å². The van der Waals surface area contributed by atoms with E-state index in [9.17, 15) is 4.79 Å². The normalized spacial score (nSPS) is 21.8. The number of rotatable bonds is 3. The van der Waals surface area contributed by atoms with Gasteiger partial charge in [-0.2, -0.15) is 0 Å². The molecule has 1 aliphatic rings. The highest BCUT2D eigenvalue weighted by Crippen LogP contribution is 2.47. The van der Waals surface area contributed by atoms with Gasteiger partial charge in [0.25, 0.3) is 0 Å². The molecule has 0 radical (unpaired) electrons. The van der Waals surface area contributed by atoms with E-state index in [0.717, 1.165) is 23.2 Å². The number of aromatic nitrogens is 2. The van der Waals surface area contributed by atoms with Crippen LogP contribution in [0.1, 0.15) is 17.9 Å². The molecule has 0 spiro atoms. The quantitative estimate of drug-likeness (QED) is 0.898. The number of benzene rings is 1. The fourth-order valence-corrected chi connectivity index (χ4v) is 2.30. The summed E-state index contributed by atoms with van der Waals surface area (Å²) in [5.74, 6) is -0.681. The van der Waals surface area contributed by atoms with Gasteiger partial charge in [0.2, 0.25) is 0 Å². The molecular weight excluding hydrogens is 228 g/mol. The van der Waals surface area contributed by atoms with Crippen molar-refractivity contribution < 1.29 is 9.90 Å². The van der Waals surface area contributed by atoms with Gasteiger partial charge in [0.15, 0.2) is 0 Å². The van der Waals surface area contributed by atoms with Crippen LogP contribution in [0.5, 0.6) is 0 Å². The van der Waals surface area contributed by atoms with Gasteiger partial charge in [-0.3, -0.25) is 4.79 Å². The van der Waals surface area contributed by atoms with Crippen molar-refractivity contribution in [1.29, 1.82) is 0 Å². The summed E-state index contributed by atoms with van der Waals surface area (Å²) in [6, 6.07) is 8.04. The van der Waals surface area contributed by atoms with Crippen LogP contribution in [0, 0.1) is 5.92 Å². The first-order valence-electron chi connectivity index (χ1n) is 5.96. The Morgan fingerprint density at radius 3 is 2.61 bits per heavy atom. The molecule has 4 nitrogen and oxygen atoms in total. The van der Waals surface area contributed by atoms with E-state index in [0.29, 0.717) is 0 Å². The van der Waals surface area contributed by atoms with Crippen molar-refractivity contribution in [1.82, 2.24) is 9.55 Å². The molecule has 1 heterocycles. The zero-order valence-electron chi connectivity index (χ0n) is 10.1. The highest BCUT2D eigenvalue weighted by Gasteiger charge is 2.43. The van der Waals surface area contributed by atoms with E-state index in [2.05, 4.69) is 4.98 Å². The Morgan fingerprint density at radius 2 is 2.11 bits per heavy atom. The number of hydrogen-bond acceptors (Lipinski definition) is 2. The Labute approximate surface area is 105 Å². The molecule has 1 aromatic heterocycles. The fourth-order valence-electron chi connectivity index (χ4n) is 2.30. The van der Waals surface area contributed by atoms with Gasteiger partial charge >= 0.3 is 5.97 Å². The molecule has 18 heavy (non-hydrogen) atoms. The summed E-state index contributed by atoms with van der Waals surface area (Å²) in [4.78, 5) is 15.1. The second-order valence-corrected chi connectivity index (χ2v) is 4.83. The van der Waals surface area contributed by atoms with E-state index in [1.54, 1.807) is 6.33 Å². The smallest absolute Gasteiger partial charge is 0.307 e. The topological polar surface area (TPSA) is 55.1 Å². The third-order valence-corrected chi connectivity index (χ3v) is 3.45. The third-order valence-electron chi connectivity index (χ3n) is 3.45. The Kier molecular flexibility index (Phi) is 2.44. The van der Waals surface area contributed by atoms with Crippen molar-refractivity contribution >= 4 is 5.97 Å². The summed E-state index contributed by atoms with van der Waals surface area (Å²) in [6.07, 6.45) is 4.50. The number of carboxylic acids is 1. The van der Waals surface area contributed by atoms with Gasteiger partial charge in [-0.15, -0.1) is 0 Å². The predicted molar refractivity (Wildman–Crippen MR) is 67.1 cm³/mol. The van der Waals surface area contributed by atoms with Gasteiger partial charge in [-0.25, -0.2) is 4.98 Å². The largest absolute Gasteiger partial charge is 0.481 e. The third kappa shape index (κ3) is 1.90. The van der Waals surface area contributed by atoms with Crippen LogP contribution in [0.3, 0.4) is 0 Å². The molecule has 0 unspecified atom stereocenters. The van der Waals surface area contributed by atoms with Crippen molar-refractivity contribution in [3.8, 4) is 11.3 Å². The van der Waals surface area contributed by atoms with Gasteiger partial charge < -0.3 is 9.67 Å². The molecule has 0 amide bonds. The van der Waals surface area contributed by atoms with E-state index in [4.69, 9.17) is 5.11 Å². The molecule has 92 valence electrons. The minimum absolute atomic E-state index is 0.189. The summed E-state index contributed by atoms with van der Waals surface area (Å²) in [5.41, 5.74) is 3.11. The number of aliphatic carboxylic acids is 1. The van der Waals surface area contributed by atoms with Crippen LogP contribution in [0.4, 0.5) is 0 Å². The average molecular weight is 242 g/mol. The van der Waals surface area contributed by atoms with Crippen LogP contribution >= 0.6 is 0 Å². The maximum atomic E-state index is 10.8. The molecule has 1 saturated carbocycles. The first kappa shape index (κ1) is 11.0. The highest BCUT2D eigenvalue weighted by atomic mass is 16.4. The lowest BCUT2D eigenvalue weighted by Gasteiger charge is -2.01. The molecule has 4 heteroatoms. The number of carboxylic acid groups (broad SMARTS) is 1. The molecule has 2 aromatic rings. The SMILES string of the molecule is Cn1cnc(-c2ccc([C@H]3C[C@@H]3C(=O)O)cc2)c1. The van der Waals surface area contributed by atoms with Crippen LogP contribution in [0.15, 0.2) is 36.8 Å². The van der Waals surface area contributed by atoms with E-state index in [1.807, 2.05) is 42.1 Å². The van der Waals surface area contributed by atoms with Gasteiger partial charge in [0.1, 0.15) is 0 Å². The molecule has 0 bridgehead atoms. The molecular formula is C14H14N2O2. The Balaban J connectivity index is 1.80. The second kappa shape index (κ2) is 3.98. The maximum absolute atomic E-state index is 10.8. The monoisotopic (exact) mass is 242 g/mol. The van der Waals surface area contributed by atoms with Crippen molar-refractivity contribution in [3.05, 3.63) is 42.4 Å². The van der Waals surface area contributed by atoms with E-state index in [-0.39, 0.29) is 11.8 Å². The van der Waals surface area contributed by atoms with Gasteiger partial charge in [0.05, 0.1) is 17.9 Å². The Bertz CT molecular complexity index is 586. The van der Waals surface area contributed by atoms with Crippen LogP contribution in [0.2, 0.25) is 0 Å².